The van der Waals surface area contributed by atoms with Crippen LogP contribution in [0.4, 0.5) is 5.69 Å². The quantitative estimate of drug-likeness (QED) is 0.571. The monoisotopic (exact) mass is 333 g/mol. The Morgan fingerprint density at radius 2 is 1.96 bits per heavy atom. The molecule has 3 heterocycles. The van der Waals surface area contributed by atoms with Crippen molar-refractivity contribution in [2.75, 3.05) is 5.32 Å². The summed E-state index contributed by atoms with van der Waals surface area (Å²) in [5.41, 5.74) is 3.07. The number of rotatable bonds is 2. The second kappa shape index (κ2) is 5.59. The number of amides is 1. The topological polar surface area (TPSA) is 76.6 Å². The van der Waals surface area contributed by atoms with Gasteiger partial charge in [0.2, 0.25) is 0 Å². The van der Waals surface area contributed by atoms with E-state index in [-0.39, 0.29) is 5.56 Å². The summed E-state index contributed by atoms with van der Waals surface area (Å²) in [5, 5.41) is 3.44. The normalized spacial score (nSPS) is 11.1. The van der Waals surface area contributed by atoms with Gasteiger partial charge in [-0.1, -0.05) is 18.2 Å². The average molecular weight is 333 g/mol. The van der Waals surface area contributed by atoms with Gasteiger partial charge in [0, 0.05) is 17.3 Å². The zero-order valence-electron chi connectivity index (χ0n) is 13.7. The molecular weight excluding hydrogens is 318 g/mol. The lowest BCUT2D eigenvalue weighted by Crippen LogP contribution is -2.20. The van der Waals surface area contributed by atoms with Crippen molar-refractivity contribution in [2.24, 2.45) is 0 Å². The molecule has 25 heavy (non-hydrogen) atoms. The molecule has 0 saturated carbocycles. The van der Waals surface area contributed by atoms with E-state index in [4.69, 9.17) is 4.42 Å². The second-order valence-corrected chi connectivity index (χ2v) is 5.87. The summed E-state index contributed by atoms with van der Waals surface area (Å²) in [6.45, 7) is 3.89. The van der Waals surface area contributed by atoms with Crippen LogP contribution < -0.4 is 10.9 Å². The maximum Gasteiger partial charge on any atom is 0.349 e. The Morgan fingerprint density at radius 3 is 2.80 bits per heavy atom. The third kappa shape index (κ3) is 2.57. The van der Waals surface area contributed by atoms with Gasteiger partial charge in [0.15, 0.2) is 0 Å². The van der Waals surface area contributed by atoms with Crippen LogP contribution in [0.25, 0.3) is 16.6 Å². The van der Waals surface area contributed by atoms with Crippen molar-refractivity contribution in [3.05, 3.63) is 76.0 Å². The van der Waals surface area contributed by atoms with Gasteiger partial charge >= 0.3 is 5.63 Å². The molecule has 0 unspecified atom stereocenters. The van der Waals surface area contributed by atoms with Crippen LogP contribution in [0.15, 0.2) is 57.9 Å². The number of benzene rings is 1. The zero-order valence-corrected chi connectivity index (χ0v) is 13.7. The molecule has 4 aromatic rings. The highest BCUT2D eigenvalue weighted by atomic mass is 16.4. The number of para-hydroxylation sites is 1. The van der Waals surface area contributed by atoms with Crippen molar-refractivity contribution in [1.29, 1.82) is 0 Å². The molecule has 6 heteroatoms. The number of carbonyl (C=O) groups is 1. The van der Waals surface area contributed by atoms with Gasteiger partial charge in [-0.05, 0) is 38.1 Å². The Morgan fingerprint density at radius 1 is 1.16 bits per heavy atom. The van der Waals surface area contributed by atoms with Crippen molar-refractivity contribution in [2.45, 2.75) is 13.8 Å². The van der Waals surface area contributed by atoms with E-state index < -0.39 is 11.5 Å². The standard InChI is InChI=1S/C19H15N3O3/c1-11-12(2)22-10-14(7-8-17(22)20-11)21-18(23)15-9-13-5-3-4-6-16(13)25-19(15)24/h3-10H,1-2H3,(H,21,23). The Kier molecular flexibility index (Phi) is 3.39. The minimum atomic E-state index is -0.660. The largest absolute Gasteiger partial charge is 0.422 e. The first-order valence-electron chi connectivity index (χ1n) is 7.82. The van der Waals surface area contributed by atoms with Crippen LogP contribution >= 0.6 is 0 Å². The lowest BCUT2D eigenvalue weighted by Gasteiger charge is -2.06. The van der Waals surface area contributed by atoms with Crippen molar-refractivity contribution < 1.29 is 9.21 Å². The second-order valence-electron chi connectivity index (χ2n) is 5.87. The van der Waals surface area contributed by atoms with E-state index in [9.17, 15) is 9.59 Å². The SMILES string of the molecule is Cc1nc2ccc(NC(=O)c3cc4ccccc4oc3=O)cn2c1C. The lowest BCUT2D eigenvalue weighted by atomic mass is 10.2. The molecule has 0 aliphatic heterocycles. The van der Waals surface area contributed by atoms with Gasteiger partial charge in [0.25, 0.3) is 5.91 Å². The molecule has 0 atom stereocenters. The van der Waals surface area contributed by atoms with Crippen LogP contribution in [0.5, 0.6) is 0 Å². The molecule has 6 nitrogen and oxygen atoms in total. The first-order valence-corrected chi connectivity index (χ1v) is 7.82. The third-order valence-electron chi connectivity index (χ3n) is 4.24. The minimum absolute atomic E-state index is 0.0302. The van der Waals surface area contributed by atoms with Gasteiger partial charge in [0.1, 0.15) is 16.8 Å². The summed E-state index contributed by atoms with van der Waals surface area (Å²) in [4.78, 5) is 29.0. The van der Waals surface area contributed by atoms with Crippen LogP contribution in [0, 0.1) is 13.8 Å². The van der Waals surface area contributed by atoms with Gasteiger partial charge < -0.3 is 14.1 Å². The number of imidazole rings is 1. The van der Waals surface area contributed by atoms with Crippen molar-refractivity contribution in [3.8, 4) is 0 Å². The molecule has 0 saturated heterocycles. The van der Waals surface area contributed by atoms with E-state index in [2.05, 4.69) is 10.3 Å². The average Bonchev–Trinajstić information content (AvgIpc) is 2.88. The summed E-state index contributed by atoms with van der Waals surface area (Å²) in [7, 11) is 0. The fourth-order valence-electron chi connectivity index (χ4n) is 2.77. The van der Waals surface area contributed by atoms with Crippen molar-refractivity contribution in [1.82, 2.24) is 9.38 Å². The predicted octanol–water partition coefficient (Wildman–Crippen LogP) is 3.31. The number of nitrogens with one attached hydrogen (secondary N) is 1. The van der Waals surface area contributed by atoms with Crippen LogP contribution in [-0.4, -0.2) is 15.3 Å². The highest BCUT2D eigenvalue weighted by Crippen LogP contribution is 2.17. The highest BCUT2D eigenvalue weighted by Gasteiger charge is 2.14. The van der Waals surface area contributed by atoms with Gasteiger partial charge in [-0.15, -0.1) is 0 Å². The molecule has 0 bridgehead atoms. The lowest BCUT2D eigenvalue weighted by molar-refractivity contribution is 0.102. The Hall–Kier alpha value is -3.41. The van der Waals surface area contributed by atoms with Gasteiger partial charge in [0.05, 0.1) is 11.4 Å². The summed E-state index contributed by atoms with van der Waals surface area (Å²) in [6.07, 6.45) is 1.78. The van der Waals surface area contributed by atoms with E-state index >= 15 is 0 Å². The van der Waals surface area contributed by atoms with Crippen LogP contribution in [-0.2, 0) is 0 Å². The Balaban J connectivity index is 1.71. The maximum atomic E-state index is 12.5. The fourth-order valence-corrected chi connectivity index (χ4v) is 2.77. The number of fused-ring (bicyclic) bond motifs is 2. The molecule has 3 aromatic heterocycles. The highest BCUT2D eigenvalue weighted by molar-refractivity contribution is 6.05. The molecule has 1 amide bonds. The Bertz CT molecular complexity index is 1190. The van der Waals surface area contributed by atoms with E-state index in [1.165, 1.54) is 0 Å². The molecule has 1 aromatic carbocycles. The van der Waals surface area contributed by atoms with Crippen LogP contribution in [0.2, 0.25) is 0 Å². The molecule has 4 rings (SSSR count). The first kappa shape index (κ1) is 15.1. The van der Waals surface area contributed by atoms with Crippen molar-refractivity contribution >= 4 is 28.2 Å². The zero-order chi connectivity index (χ0) is 17.6. The number of anilines is 1. The molecule has 1 N–H and O–H groups in total. The van der Waals surface area contributed by atoms with E-state index in [1.807, 2.05) is 30.4 Å². The summed E-state index contributed by atoms with van der Waals surface area (Å²) in [5.74, 6) is -0.506. The molecule has 0 aliphatic rings. The third-order valence-corrected chi connectivity index (χ3v) is 4.24. The molecule has 0 spiro atoms. The van der Waals surface area contributed by atoms with E-state index in [1.54, 1.807) is 36.5 Å². The molecule has 124 valence electrons. The molecule has 0 radical (unpaired) electrons. The summed E-state index contributed by atoms with van der Waals surface area (Å²) >= 11 is 0. The van der Waals surface area contributed by atoms with Gasteiger partial charge in [-0.25, -0.2) is 9.78 Å². The number of carbonyl (C=O) groups excluding carboxylic acids is 1. The maximum absolute atomic E-state index is 12.5. The smallest absolute Gasteiger partial charge is 0.349 e. The molecule has 0 aliphatic carbocycles. The summed E-state index contributed by atoms with van der Waals surface area (Å²) in [6, 6.07) is 12.2. The van der Waals surface area contributed by atoms with E-state index in [0.29, 0.717) is 16.7 Å². The summed E-state index contributed by atoms with van der Waals surface area (Å²) < 4.78 is 7.11. The Labute approximate surface area is 142 Å². The minimum Gasteiger partial charge on any atom is -0.422 e. The molecule has 0 fully saturated rings. The number of nitrogens with zero attached hydrogens (tertiary/aromatic N) is 2. The molecular formula is C19H15N3O3. The number of hydrogen-bond acceptors (Lipinski definition) is 4. The number of pyridine rings is 1. The predicted molar refractivity (Wildman–Crippen MR) is 95.1 cm³/mol. The van der Waals surface area contributed by atoms with Gasteiger partial charge in [-0.3, -0.25) is 4.79 Å². The van der Waals surface area contributed by atoms with Crippen LogP contribution in [0.3, 0.4) is 0 Å². The number of aromatic nitrogens is 2. The fraction of sp³-hybridized carbons (Fsp3) is 0.105. The number of aryl methyl sites for hydroxylation is 2. The number of hydrogen-bond donors (Lipinski definition) is 1. The van der Waals surface area contributed by atoms with Gasteiger partial charge in [-0.2, -0.15) is 0 Å². The first-order chi connectivity index (χ1) is 12.0. The van der Waals surface area contributed by atoms with E-state index in [0.717, 1.165) is 17.0 Å². The van der Waals surface area contributed by atoms with Crippen LogP contribution in [0.1, 0.15) is 21.7 Å². The van der Waals surface area contributed by atoms with Crippen molar-refractivity contribution in [3.63, 3.8) is 0 Å².